The van der Waals surface area contributed by atoms with Crippen molar-refractivity contribution < 1.29 is 19.3 Å². The summed E-state index contributed by atoms with van der Waals surface area (Å²) in [4.78, 5) is 19.1. The highest BCUT2D eigenvalue weighted by Crippen LogP contribution is 2.31. The lowest BCUT2D eigenvalue weighted by molar-refractivity contribution is -0.395. The lowest BCUT2D eigenvalue weighted by Gasteiger charge is -2.05. The van der Waals surface area contributed by atoms with Gasteiger partial charge in [-0.3, -0.25) is 20.2 Å². The Labute approximate surface area is 94.0 Å². The number of nitrogens with zero attached hydrogens (tertiary/aromatic N) is 2. The Morgan fingerprint density at radius 1 is 1.24 bits per heavy atom. The first kappa shape index (κ1) is 12.8. The standard InChI is InChI=1S/C8H8FN3O5/c9-5-3-6(10-1-2-13)8(12(16)17)4-7(5)11(14)15/h3-4,10,13H,1-2H2. The Balaban J connectivity index is 3.25. The summed E-state index contributed by atoms with van der Waals surface area (Å²) in [5.41, 5.74) is -1.80. The maximum Gasteiger partial charge on any atom is 0.311 e. The van der Waals surface area contributed by atoms with Gasteiger partial charge in [0.25, 0.3) is 5.69 Å². The summed E-state index contributed by atoms with van der Waals surface area (Å²) in [7, 11) is 0. The van der Waals surface area contributed by atoms with E-state index in [9.17, 15) is 24.6 Å². The summed E-state index contributed by atoms with van der Waals surface area (Å²) in [6, 6.07) is 1.20. The second-order valence-electron chi connectivity index (χ2n) is 2.99. The van der Waals surface area contributed by atoms with Crippen molar-refractivity contribution in [3.63, 3.8) is 0 Å². The third kappa shape index (κ3) is 2.84. The van der Waals surface area contributed by atoms with Gasteiger partial charge in [-0.2, -0.15) is 4.39 Å². The average molecular weight is 245 g/mol. The lowest BCUT2D eigenvalue weighted by atomic mass is 10.2. The molecule has 0 radical (unpaired) electrons. The molecular weight excluding hydrogens is 237 g/mol. The molecule has 0 aliphatic carbocycles. The van der Waals surface area contributed by atoms with Crippen LogP contribution in [0.25, 0.3) is 0 Å². The predicted molar refractivity (Wildman–Crippen MR) is 55.3 cm³/mol. The lowest BCUT2D eigenvalue weighted by Crippen LogP contribution is -2.08. The van der Waals surface area contributed by atoms with Gasteiger partial charge in [-0.1, -0.05) is 0 Å². The van der Waals surface area contributed by atoms with Crippen molar-refractivity contribution in [1.29, 1.82) is 0 Å². The molecule has 92 valence electrons. The Morgan fingerprint density at radius 2 is 1.82 bits per heavy atom. The predicted octanol–water partition coefficient (Wildman–Crippen LogP) is 1.05. The number of halogens is 1. The van der Waals surface area contributed by atoms with Crippen molar-refractivity contribution in [2.45, 2.75) is 0 Å². The fourth-order valence-corrected chi connectivity index (χ4v) is 1.17. The van der Waals surface area contributed by atoms with Crippen molar-refractivity contribution in [3.05, 3.63) is 38.2 Å². The quantitative estimate of drug-likeness (QED) is 0.591. The molecule has 17 heavy (non-hydrogen) atoms. The van der Waals surface area contributed by atoms with Gasteiger partial charge in [0.05, 0.1) is 22.5 Å². The number of rotatable bonds is 5. The van der Waals surface area contributed by atoms with Gasteiger partial charge in [-0.25, -0.2) is 0 Å². The number of hydrogen-bond acceptors (Lipinski definition) is 6. The number of anilines is 1. The molecule has 1 aromatic rings. The summed E-state index contributed by atoms with van der Waals surface area (Å²) in [5, 5.41) is 32.0. The summed E-state index contributed by atoms with van der Waals surface area (Å²) >= 11 is 0. The monoisotopic (exact) mass is 245 g/mol. The minimum Gasteiger partial charge on any atom is -0.395 e. The zero-order chi connectivity index (χ0) is 13.0. The number of aliphatic hydroxyl groups is 1. The van der Waals surface area contributed by atoms with Gasteiger partial charge in [0.1, 0.15) is 5.69 Å². The first-order chi connectivity index (χ1) is 7.97. The van der Waals surface area contributed by atoms with Crippen LogP contribution in [-0.2, 0) is 0 Å². The van der Waals surface area contributed by atoms with Gasteiger partial charge >= 0.3 is 5.69 Å². The topological polar surface area (TPSA) is 119 Å². The third-order valence-electron chi connectivity index (χ3n) is 1.89. The molecule has 0 aromatic heterocycles. The Kier molecular flexibility index (Phi) is 3.88. The second kappa shape index (κ2) is 5.16. The van der Waals surface area contributed by atoms with E-state index in [1.165, 1.54) is 0 Å². The van der Waals surface area contributed by atoms with Crippen molar-refractivity contribution >= 4 is 17.1 Å². The van der Waals surface area contributed by atoms with Crippen LogP contribution in [0.1, 0.15) is 0 Å². The zero-order valence-corrected chi connectivity index (χ0v) is 8.42. The molecule has 0 heterocycles. The summed E-state index contributed by atoms with van der Waals surface area (Å²) in [6.45, 7) is -0.339. The third-order valence-corrected chi connectivity index (χ3v) is 1.89. The fourth-order valence-electron chi connectivity index (χ4n) is 1.17. The van der Waals surface area contributed by atoms with E-state index in [4.69, 9.17) is 5.11 Å². The normalized spacial score (nSPS) is 10.0. The number of aliphatic hydroxyl groups excluding tert-OH is 1. The van der Waals surface area contributed by atoms with Gasteiger partial charge in [0.2, 0.25) is 5.82 Å². The minimum atomic E-state index is -1.18. The molecule has 0 aliphatic rings. The van der Waals surface area contributed by atoms with E-state index < -0.39 is 27.0 Å². The van der Waals surface area contributed by atoms with Crippen LogP contribution in [0.15, 0.2) is 12.1 Å². The number of nitrogens with one attached hydrogen (secondary N) is 1. The van der Waals surface area contributed by atoms with Gasteiger partial charge in [-0.05, 0) is 0 Å². The molecule has 1 rings (SSSR count). The molecule has 0 atom stereocenters. The molecule has 0 fully saturated rings. The van der Waals surface area contributed by atoms with E-state index in [-0.39, 0.29) is 18.8 Å². The van der Waals surface area contributed by atoms with Gasteiger partial charge in [-0.15, -0.1) is 0 Å². The van der Waals surface area contributed by atoms with E-state index in [2.05, 4.69) is 5.32 Å². The van der Waals surface area contributed by atoms with E-state index >= 15 is 0 Å². The van der Waals surface area contributed by atoms with Gasteiger partial charge in [0, 0.05) is 12.6 Å². The molecule has 1 aromatic carbocycles. The van der Waals surface area contributed by atoms with Crippen LogP contribution in [0.3, 0.4) is 0 Å². The van der Waals surface area contributed by atoms with Crippen LogP contribution in [0.5, 0.6) is 0 Å². The number of nitro groups is 2. The molecule has 8 nitrogen and oxygen atoms in total. The highest BCUT2D eigenvalue weighted by atomic mass is 19.1. The van der Waals surface area contributed by atoms with E-state index in [0.717, 1.165) is 0 Å². The molecular formula is C8H8FN3O5. The average Bonchev–Trinajstić information content (AvgIpc) is 2.25. The molecule has 0 spiro atoms. The highest BCUT2D eigenvalue weighted by molar-refractivity contribution is 5.65. The molecule has 0 saturated carbocycles. The first-order valence-corrected chi connectivity index (χ1v) is 4.44. The fraction of sp³-hybridized carbons (Fsp3) is 0.250. The van der Waals surface area contributed by atoms with Crippen LogP contribution in [0.2, 0.25) is 0 Å². The SMILES string of the molecule is O=[N+]([O-])c1cc([N+](=O)[O-])c(NCCO)cc1F. The van der Waals surface area contributed by atoms with Crippen LogP contribution >= 0.6 is 0 Å². The smallest absolute Gasteiger partial charge is 0.311 e. The van der Waals surface area contributed by atoms with Crippen LogP contribution in [0, 0.1) is 26.0 Å². The Hall–Kier alpha value is -2.29. The van der Waals surface area contributed by atoms with Crippen LogP contribution in [0.4, 0.5) is 21.5 Å². The first-order valence-electron chi connectivity index (χ1n) is 4.44. The van der Waals surface area contributed by atoms with Gasteiger partial charge < -0.3 is 10.4 Å². The molecule has 0 unspecified atom stereocenters. The van der Waals surface area contributed by atoms with Crippen molar-refractivity contribution in [2.24, 2.45) is 0 Å². The molecule has 0 aliphatic heterocycles. The second-order valence-corrected chi connectivity index (χ2v) is 2.99. The molecule has 2 N–H and O–H groups in total. The van der Waals surface area contributed by atoms with Crippen molar-refractivity contribution in [1.82, 2.24) is 0 Å². The minimum absolute atomic E-state index is 0.0297. The van der Waals surface area contributed by atoms with Crippen molar-refractivity contribution in [2.75, 3.05) is 18.5 Å². The Morgan fingerprint density at radius 3 is 2.29 bits per heavy atom. The van der Waals surface area contributed by atoms with E-state index in [1.54, 1.807) is 0 Å². The largest absolute Gasteiger partial charge is 0.395 e. The summed E-state index contributed by atoms with van der Waals surface area (Å²) in [5.74, 6) is -1.18. The summed E-state index contributed by atoms with van der Waals surface area (Å²) in [6.07, 6.45) is 0. The molecule has 0 saturated heterocycles. The highest BCUT2D eigenvalue weighted by Gasteiger charge is 2.24. The number of benzene rings is 1. The zero-order valence-electron chi connectivity index (χ0n) is 8.42. The Bertz CT molecular complexity index is 465. The molecule has 0 amide bonds. The molecule has 0 bridgehead atoms. The number of hydrogen-bond donors (Lipinski definition) is 2. The molecule has 9 heteroatoms. The van der Waals surface area contributed by atoms with Crippen molar-refractivity contribution in [3.8, 4) is 0 Å². The maximum absolute atomic E-state index is 13.2. The van der Waals surface area contributed by atoms with Crippen LogP contribution < -0.4 is 5.32 Å². The number of nitro benzene ring substituents is 2. The summed E-state index contributed by atoms with van der Waals surface area (Å²) < 4.78 is 13.2. The van der Waals surface area contributed by atoms with Gasteiger partial charge in [0.15, 0.2) is 0 Å². The van der Waals surface area contributed by atoms with E-state index in [1.807, 2.05) is 0 Å². The maximum atomic E-state index is 13.2. The van der Waals surface area contributed by atoms with Crippen LogP contribution in [-0.4, -0.2) is 28.1 Å². The van der Waals surface area contributed by atoms with E-state index in [0.29, 0.717) is 12.1 Å².